The highest BCUT2D eigenvalue weighted by Crippen LogP contribution is 2.25. The van der Waals surface area contributed by atoms with Gasteiger partial charge in [0, 0.05) is 13.2 Å². The Morgan fingerprint density at radius 1 is 1.28 bits per heavy atom. The lowest BCUT2D eigenvalue weighted by atomic mass is 9.86. The summed E-state index contributed by atoms with van der Waals surface area (Å²) in [7, 11) is 0. The number of amides is 1. The second-order valence-electron chi connectivity index (χ2n) is 6.94. The molecule has 0 aliphatic carbocycles. The van der Waals surface area contributed by atoms with Crippen molar-refractivity contribution in [2.24, 2.45) is 0 Å². The highest BCUT2D eigenvalue weighted by Gasteiger charge is 2.37. The molecule has 1 unspecified atom stereocenters. The first kappa shape index (κ1) is 19.2. The standard InChI is InChI=1S/C19H27NO5/c1-13(2)15-5-4-6-16(11-15)25-14(3)18(23)20-19(12-17(21)22)7-9-24-10-8-19/h4-6,11,13-14H,7-10,12H2,1-3H3,(H,20,23)(H,21,22). The highest BCUT2D eigenvalue weighted by atomic mass is 16.5. The van der Waals surface area contributed by atoms with Crippen LogP contribution in [0.3, 0.4) is 0 Å². The van der Waals surface area contributed by atoms with Crippen LogP contribution in [-0.2, 0) is 14.3 Å². The van der Waals surface area contributed by atoms with Crippen molar-refractivity contribution in [3.05, 3.63) is 29.8 Å². The number of nitrogens with one attached hydrogen (secondary N) is 1. The average molecular weight is 349 g/mol. The van der Waals surface area contributed by atoms with E-state index in [0.29, 0.717) is 37.7 Å². The van der Waals surface area contributed by atoms with Gasteiger partial charge in [-0.2, -0.15) is 0 Å². The van der Waals surface area contributed by atoms with Crippen molar-refractivity contribution < 1.29 is 24.2 Å². The van der Waals surface area contributed by atoms with Crippen LogP contribution in [0.2, 0.25) is 0 Å². The fraction of sp³-hybridized carbons (Fsp3) is 0.579. The summed E-state index contributed by atoms with van der Waals surface area (Å²) < 4.78 is 11.1. The zero-order chi connectivity index (χ0) is 18.4. The van der Waals surface area contributed by atoms with E-state index >= 15 is 0 Å². The van der Waals surface area contributed by atoms with Gasteiger partial charge in [-0.25, -0.2) is 0 Å². The summed E-state index contributed by atoms with van der Waals surface area (Å²) in [5.41, 5.74) is 0.371. The number of carbonyl (C=O) groups excluding carboxylic acids is 1. The number of carboxylic acid groups (broad SMARTS) is 1. The largest absolute Gasteiger partial charge is 0.481 e. The molecule has 1 aromatic rings. The molecule has 1 fully saturated rings. The molecule has 0 radical (unpaired) electrons. The van der Waals surface area contributed by atoms with Gasteiger partial charge in [0.25, 0.3) is 5.91 Å². The van der Waals surface area contributed by atoms with Gasteiger partial charge >= 0.3 is 5.97 Å². The molecule has 2 rings (SSSR count). The molecule has 6 nitrogen and oxygen atoms in total. The van der Waals surface area contributed by atoms with E-state index < -0.39 is 17.6 Å². The summed E-state index contributed by atoms with van der Waals surface area (Å²) in [6, 6.07) is 7.67. The van der Waals surface area contributed by atoms with Crippen molar-refractivity contribution in [3.8, 4) is 5.75 Å². The number of carboxylic acids is 1. The highest BCUT2D eigenvalue weighted by molar-refractivity contribution is 5.82. The smallest absolute Gasteiger partial charge is 0.305 e. The van der Waals surface area contributed by atoms with Gasteiger partial charge in [0.15, 0.2) is 6.10 Å². The lowest BCUT2D eigenvalue weighted by Gasteiger charge is -2.37. The minimum Gasteiger partial charge on any atom is -0.481 e. The van der Waals surface area contributed by atoms with E-state index in [2.05, 4.69) is 19.2 Å². The maximum atomic E-state index is 12.6. The predicted octanol–water partition coefficient (Wildman–Crippen LogP) is 2.72. The first-order valence-corrected chi connectivity index (χ1v) is 8.69. The Balaban J connectivity index is 2.03. The third-order valence-electron chi connectivity index (χ3n) is 4.53. The zero-order valence-electron chi connectivity index (χ0n) is 15.1. The monoisotopic (exact) mass is 349 g/mol. The molecular formula is C19H27NO5. The van der Waals surface area contributed by atoms with Crippen LogP contribution in [0.25, 0.3) is 0 Å². The Morgan fingerprint density at radius 2 is 1.96 bits per heavy atom. The number of aliphatic carboxylic acids is 1. The van der Waals surface area contributed by atoms with E-state index in [1.165, 1.54) is 0 Å². The SMILES string of the molecule is CC(Oc1cccc(C(C)C)c1)C(=O)NC1(CC(=O)O)CCOCC1. The van der Waals surface area contributed by atoms with Crippen LogP contribution < -0.4 is 10.1 Å². The fourth-order valence-electron chi connectivity index (χ4n) is 2.97. The van der Waals surface area contributed by atoms with Crippen LogP contribution in [-0.4, -0.2) is 41.8 Å². The number of hydrogen-bond acceptors (Lipinski definition) is 4. The first-order valence-electron chi connectivity index (χ1n) is 8.69. The van der Waals surface area contributed by atoms with Crippen molar-refractivity contribution in [1.29, 1.82) is 0 Å². The van der Waals surface area contributed by atoms with Gasteiger partial charge in [-0.15, -0.1) is 0 Å². The second-order valence-corrected chi connectivity index (χ2v) is 6.94. The molecule has 138 valence electrons. The lowest BCUT2D eigenvalue weighted by molar-refractivity contribution is -0.141. The summed E-state index contributed by atoms with van der Waals surface area (Å²) >= 11 is 0. The number of ether oxygens (including phenoxy) is 2. The topological polar surface area (TPSA) is 84.9 Å². The molecule has 1 aromatic carbocycles. The van der Waals surface area contributed by atoms with Gasteiger partial charge in [-0.05, 0) is 43.4 Å². The number of hydrogen-bond donors (Lipinski definition) is 2. The average Bonchev–Trinajstić information content (AvgIpc) is 2.55. The van der Waals surface area contributed by atoms with Gasteiger partial charge in [0.1, 0.15) is 5.75 Å². The van der Waals surface area contributed by atoms with Gasteiger partial charge in [-0.3, -0.25) is 9.59 Å². The molecule has 0 spiro atoms. The summed E-state index contributed by atoms with van der Waals surface area (Å²) in [5.74, 6) is -0.236. The molecule has 0 saturated carbocycles. The van der Waals surface area contributed by atoms with Gasteiger partial charge in [0.2, 0.25) is 0 Å². The normalized spacial score (nSPS) is 17.8. The molecule has 1 aliphatic rings. The predicted molar refractivity (Wildman–Crippen MR) is 93.8 cm³/mol. The maximum Gasteiger partial charge on any atom is 0.305 e. The van der Waals surface area contributed by atoms with Crippen LogP contribution in [0.1, 0.15) is 51.5 Å². The molecular weight excluding hydrogens is 322 g/mol. The van der Waals surface area contributed by atoms with Gasteiger partial charge in [0.05, 0.1) is 12.0 Å². The zero-order valence-corrected chi connectivity index (χ0v) is 15.1. The van der Waals surface area contributed by atoms with E-state index in [0.717, 1.165) is 5.56 Å². The molecule has 1 atom stereocenters. The second kappa shape index (κ2) is 8.34. The lowest BCUT2D eigenvalue weighted by Crippen LogP contribution is -2.56. The Kier molecular flexibility index (Phi) is 6.42. The molecule has 1 saturated heterocycles. The molecule has 0 aromatic heterocycles. The summed E-state index contributed by atoms with van der Waals surface area (Å²) in [4.78, 5) is 23.7. The van der Waals surface area contributed by atoms with E-state index in [1.807, 2.05) is 24.3 Å². The van der Waals surface area contributed by atoms with Crippen LogP contribution in [0, 0.1) is 0 Å². The van der Waals surface area contributed by atoms with Gasteiger partial charge < -0.3 is 19.9 Å². The van der Waals surface area contributed by atoms with Crippen molar-refractivity contribution in [2.75, 3.05) is 13.2 Å². The van der Waals surface area contributed by atoms with Crippen molar-refractivity contribution in [2.45, 2.75) is 57.6 Å². The molecule has 0 bridgehead atoms. The van der Waals surface area contributed by atoms with Crippen LogP contribution in [0.5, 0.6) is 5.75 Å². The molecule has 25 heavy (non-hydrogen) atoms. The van der Waals surface area contributed by atoms with Gasteiger partial charge in [-0.1, -0.05) is 26.0 Å². The van der Waals surface area contributed by atoms with Crippen molar-refractivity contribution in [3.63, 3.8) is 0 Å². The first-order chi connectivity index (χ1) is 11.8. The van der Waals surface area contributed by atoms with Crippen LogP contribution >= 0.6 is 0 Å². The van der Waals surface area contributed by atoms with Crippen LogP contribution in [0.4, 0.5) is 0 Å². The summed E-state index contributed by atoms with van der Waals surface area (Å²) in [6.07, 6.45) is 0.148. The fourth-order valence-corrected chi connectivity index (χ4v) is 2.97. The maximum absolute atomic E-state index is 12.6. The van der Waals surface area contributed by atoms with Crippen molar-refractivity contribution in [1.82, 2.24) is 5.32 Å². The van der Waals surface area contributed by atoms with E-state index in [9.17, 15) is 14.7 Å². The molecule has 1 heterocycles. The quantitative estimate of drug-likeness (QED) is 0.791. The number of benzene rings is 1. The third kappa shape index (κ3) is 5.46. The molecule has 1 aliphatic heterocycles. The minimum absolute atomic E-state index is 0.113. The Hall–Kier alpha value is -2.08. The van der Waals surface area contributed by atoms with E-state index in [1.54, 1.807) is 6.92 Å². The summed E-state index contributed by atoms with van der Waals surface area (Å²) in [6.45, 7) is 6.75. The minimum atomic E-state index is -0.930. The molecule has 2 N–H and O–H groups in total. The van der Waals surface area contributed by atoms with Crippen LogP contribution in [0.15, 0.2) is 24.3 Å². The summed E-state index contributed by atoms with van der Waals surface area (Å²) in [5, 5.41) is 12.1. The van der Waals surface area contributed by atoms with Crippen molar-refractivity contribution >= 4 is 11.9 Å². The number of carbonyl (C=O) groups is 2. The third-order valence-corrected chi connectivity index (χ3v) is 4.53. The molecule has 6 heteroatoms. The van der Waals surface area contributed by atoms with E-state index in [-0.39, 0.29) is 12.3 Å². The Labute approximate surface area is 148 Å². The number of rotatable bonds is 7. The molecule has 1 amide bonds. The Bertz CT molecular complexity index is 608. The van der Waals surface area contributed by atoms with E-state index in [4.69, 9.17) is 9.47 Å². The Morgan fingerprint density at radius 3 is 2.56 bits per heavy atom.